The van der Waals surface area contributed by atoms with Gasteiger partial charge >= 0.3 is 0 Å². The third-order valence-electron chi connectivity index (χ3n) is 3.90. The fourth-order valence-corrected chi connectivity index (χ4v) is 2.75. The van der Waals surface area contributed by atoms with Crippen LogP contribution in [-0.4, -0.2) is 60.5 Å². The van der Waals surface area contributed by atoms with Crippen LogP contribution in [0.4, 0.5) is 0 Å². The van der Waals surface area contributed by atoms with Gasteiger partial charge in [0.1, 0.15) is 5.15 Å². The molecule has 0 bridgehead atoms. The lowest BCUT2D eigenvalue weighted by atomic mass is 10.1. The second kappa shape index (κ2) is 7.70. The molecule has 1 aliphatic heterocycles. The maximum Gasteiger partial charge on any atom is 0.129 e. The third-order valence-corrected chi connectivity index (χ3v) is 4.11. The molecule has 3 rings (SSSR count). The molecule has 7 heteroatoms. The first-order chi connectivity index (χ1) is 11.7. The van der Waals surface area contributed by atoms with E-state index in [1.807, 2.05) is 12.1 Å². The Kier molecular flexibility index (Phi) is 5.40. The Balaban J connectivity index is 1.73. The van der Waals surface area contributed by atoms with Crippen molar-refractivity contribution in [2.45, 2.75) is 6.10 Å². The van der Waals surface area contributed by atoms with Gasteiger partial charge in [0.2, 0.25) is 0 Å². The van der Waals surface area contributed by atoms with E-state index < -0.39 is 0 Å². The van der Waals surface area contributed by atoms with Crippen LogP contribution < -0.4 is 5.73 Å². The molecule has 1 fully saturated rings. The number of rotatable bonds is 4. The summed E-state index contributed by atoms with van der Waals surface area (Å²) in [5.41, 5.74) is 8.91. The summed E-state index contributed by atoms with van der Waals surface area (Å²) < 4.78 is 5.70. The molecule has 0 amide bonds. The minimum absolute atomic E-state index is 0.120. The van der Waals surface area contributed by atoms with Gasteiger partial charge in [-0.25, -0.2) is 4.98 Å². The quantitative estimate of drug-likeness (QED) is 0.677. The fraction of sp³-hybridized carbons (Fsp3) is 0.353. The van der Waals surface area contributed by atoms with Crippen LogP contribution in [0.15, 0.2) is 35.6 Å². The predicted octanol–water partition coefficient (Wildman–Crippen LogP) is 1.98. The largest absolute Gasteiger partial charge is 0.404 e. The Morgan fingerprint density at radius 1 is 1.50 bits per heavy atom. The molecule has 3 heterocycles. The molecule has 6 nitrogen and oxygen atoms in total. The highest BCUT2D eigenvalue weighted by molar-refractivity contribution is 6.29. The Morgan fingerprint density at radius 2 is 2.38 bits per heavy atom. The van der Waals surface area contributed by atoms with Crippen molar-refractivity contribution in [3.05, 3.63) is 41.3 Å². The molecule has 0 aromatic carbocycles. The van der Waals surface area contributed by atoms with Crippen molar-refractivity contribution in [3.8, 4) is 0 Å². The van der Waals surface area contributed by atoms with E-state index in [-0.39, 0.29) is 6.10 Å². The molecule has 0 aliphatic carbocycles. The van der Waals surface area contributed by atoms with Crippen molar-refractivity contribution in [2.24, 2.45) is 10.7 Å². The molecule has 2 aromatic rings. The Hall–Kier alpha value is -2.02. The smallest absolute Gasteiger partial charge is 0.129 e. The molecule has 24 heavy (non-hydrogen) atoms. The molecule has 1 aliphatic rings. The SMILES string of the molecule is CN1CCOC(CN=CC(=CN)c2cnc3ccc(Cl)nc3c2)C1. The minimum Gasteiger partial charge on any atom is -0.404 e. The van der Waals surface area contributed by atoms with Crippen LogP contribution >= 0.6 is 11.6 Å². The van der Waals surface area contributed by atoms with Gasteiger partial charge in [0.25, 0.3) is 0 Å². The highest BCUT2D eigenvalue weighted by Gasteiger charge is 2.16. The number of allylic oxidation sites excluding steroid dienone is 1. The van der Waals surface area contributed by atoms with E-state index in [1.165, 1.54) is 6.20 Å². The Morgan fingerprint density at radius 3 is 3.17 bits per heavy atom. The second-order valence-electron chi connectivity index (χ2n) is 5.77. The van der Waals surface area contributed by atoms with E-state index >= 15 is 0 Å². The third kappa shape index (κ3) is 4.08. The van der Waals surface area contributed by atoms with Gasteiger partial charge in [-0.15, -0.1) is 0 Å². The number of nitrogens with two attached hydrogens (primary N) is 1. The van der Waals surface area contributed by atoms with Gasteiger partial charge in [0.15, 0.2) is 0 Å². The molecule has 1 atom stereocenters. The van der Waals surface area contributed by atoms with Crippen LogP contribution in [0.25, 0.3) is 16.6 Å². The summed E-state index contributed by atoms with van der Waals surface area (Å²) >= 11 is 5.94. The molecule has 126 valence electrons. The zero-order chi connectivity index (χ0) is 16.9. The van der Waals surface area contributed by atoms with Crippen LogP contribution in [0.3, 0.4) is 0 Å². The van der Waals surface area contributed by atoms with Crippen molar-refractivity contribution in [2.75, 3.05) is 33.3 Å². The maximum absolute atomic E-state index is 5.94. The van der Waals surface area contributed by atoms with E-state index in [1.54, 1.807) is 18.5 Å². The zero-order valence-electron chi connectivity index (χ0n) is 13.5. The number of aliphatic imine (C=N–C) groups is 1. The topological polar surface area (TPSA) is 76.6 Å². The molecule has 2 N–H and O–H groups in total. The Bertz CT molecular complexity index is 777. The number of morpholine rings is 1. The standard InChI is InChI=1S/C17H20ClN5O/c1-23-4-5-24-14(11-23)10-20-8-13(7-19)12-6-16-15(21-9-12)2-3-17(18)22-16/h2-3,6-9,14H,4-5,10-11,19H2,1H3. The predicted molar refractivity (Wildman–Crippen MR) is 97.3 cm³/mol. The van der Waals surface area contributed by atoms with E-state index in [4.69, 9.17) is 22.1 Å². The van der Waals surface area contributed by atoms with Crippen LogP contribution in [0.5, 0.6) is 0 Å². The summed E-state index contributed by atoms with van der Waals surface area (Å²) in [6, 6.07) is 5.47. The normalized spacial score (nSPS) is 20.1. The van der Waals surface area contributed by atoms with Gasteiger partial charge in [0.05, 0.1) is 30.3 Å². The van der Waals surface area contributed by atoms with Crippen molar-refractivity contribution < 1.29 is 4.74 Å². The van der Waals surface area contributed by atoms with E-state index in [0.29, 0.717) is 11.7 Å². The van der Waals surface area contributed by atoms with Gasteiger partial charge in [-0.3, -0.25) is 9.98 Å². The Labute approximate surface area is 146 Å². The minimum atomic E-state index is 0.120. The lowest BCUT2D eigenvalue weighted by molar-refractivity contribution is -0.0135. The lowest BCUT2D eigenvalue weighted by Gasteiger charge is -2.28. The molecule has 2 aromatic heterocycles. The van der Waals surface area contributed by atoms with Gasteiger partial charge in [0, 0.05) is 42.8 Å². The van der Waals surface area contributed by atoms with Crippen molar-refractivity contribution in [3.63, 3.8) is 0 Å². The number of nitrogens with zero attached hydrogens (tertiary/aromatic N) is 4. The van der Waals surface area contributed by atoms with Crippen LogP contribution in [0.2, 0.25) is 5.15 Å². The van der Waals surface area contributed by atoms with Gasteiger partial charge < -0.3 is 15.4 Å². The average molecular weight is 346 g/mol. The van der Waals surface area contributed by atoms with Crippen LogP contribution in [0, 0.1) is 0 Å². The first kappa shape index (κ1) is 16.8. The van der Waals surface area contributed by atoms with E-state index in [0.717, 1.165) is 41.9 Å². The summed E-state index contributed by atoms with van der Waals surface area (Å²) in [5.74, 6) is 0. The molecule has 1 saturated heterocycles. The number of likely N-dealkylation sites (N-methyl/N-ethyl adjacent to an activating group) is 1. The van der Waals surface area contributed by atoms with Gasteiger partial charge in [-0.05, 0) is 25.2 Å². The number of ether oxygens (including phenoxy) is 1. The molecule has 0 spiro atoms. The monoisotopic (exact) mass is 345 g/mol. The summed E-state index contributed by atoms with van der Waals surface area (Å²) in [7, 11) is 2.09. The number of aromatic nitrogens is 2. The highest BCUT2D eigenvalue weighted by Crippen LogP contribution is 2.18. The molecular formula is C17H20ClN5O. The number of fused-ring (bicyclic) bond motifs is 1. The van der Waals surface area contributed by atoms with E-state index in [2.05, 4.69) is 26.9 Å². The summed E-state index contributed by atoms with van der Waals surface area (Å²) in [5, 5.41) is 0.437. The summed E-state index contributed by atoms with van der Waals surface area (Å²) in [4.78, 5) is 15.4. The van der Waals surface area contributed by atoms with Crippen molar-refractivity contribution in [1.82, 2.24) is 14.9 Å². The van der Waals surface area contributed by atoms with Gasteiger partial charge in [-0.1, -0.05) is 11.6 Å². The number of halogens is 1. The van der Waals surface area contributed by atoms with E-state index in [9.17, 15) is 0 Å². The molecule has 0 radical (unpaired) electrons. The van der Waals surface area contributed by atoms with Crippen molar-refractivity contribution >= 4 is 34.4 Å². The zero-order valence-corrected chi connectivity index (χ0v) is 14.3. The van der Waals surface area contributed by atoms with Crippen LogP contribution in [-0.2, 0) is 4.74 Å². The fourth-order valence-electron chi connectivity index (χ4n) is 2.60. The highest BCUT2D eigenvalue weighted by atomic mass is 35.5. The first-order valence-corrected chi connectivity index (χ1v) is 8.18. The van der Waals surface area contributed by atoms with Gasteiger partial charge in [-0.2, -0.15) is 0 Å². The molecule has 0 saturated carbocycles. The number of hydrogen-bond acceptors (Lipinski definition) is 6. The summed E-state index contributed by atoms with van der Waals surface area (Å²) in [6.45, 7) is 3.20. The first-order valence-electron chi connectivity index (χ1n) is 7.80. The lowest BCUT2D eigenvalue weighted by Crippen LogP contribution is -2.41. The van der Waals surface area contributed by atoms with Crippen LogP contribution in [0.1, 0.15) is 5.56 Å². The summed E-state index contributed by atoms with van der Waals surface area (Å²) in [6.07, 6.45) is 5.15. The molecular weight excluding hydrogens is 326 g/mol. The van der Waals surface area contributed by atoms with Crippen molar-refractivity contribution in [1.29, 1.82) is 0 Å². The average Bonchev–Trinajstić information content (AvgIpc) is 2.58. The maximum atomic E-state index is 5.94. The number of hydrogen-bond donors (Lipinski definition) is 1. The second-order valence-corrected chi connectivity index (χ2v) is 6.15. The molecule has 1 unspecified atom stereocenters. The number of pyridine rings is 2.